The van der Waals surface area contributed by atoms with Crippen molar-refractivity contribution in [1.82, 2.24) is 4.98 Å². The molecule has 0 unspecified atom stereocenters. The van der Waals surface area contributed by atoms with E-state index in [9.17, 15) is 4.79 Å². The Morgan fingerprint density at radius 1 is 1.75 bits per heavy atom. The summed E-state index contributed by atoms with van der Waals surface area (Å²) in [7, 11) is 0. The van der Waals surface area contributed by atoms with Crippen molar-refractivity contribution in [2.45, 2.75) is 12.5 Å². The minimum Gasteiger partial charge on any atom is -0.481 e. The number of carboxylic acids is 1. The van der Waals surface area contributed by atoms with E-state index in [0.717, 1.165) is 0 Å². The molecule has 1 rings (SSSR count). The van der Waals surface area contributed by atoms with Crippen molar-refractivity contribution in [3.05, 3.63) is 23.0 Å². The molecule has 1 aromatic heterocycles. The van der Waals surface area contributed by atoms with Gasteiger partial charge in [-0.1, -0.05) is 11.6 Å². The molecule has 0 saturated heterocycles. The monoisotopic (exact) mass is 188 g/mol. The zero-order valence-corrected chi connectivity index (χ0v) is 7.01. The van der Waals surface area contributed by atoms with Gasteiger partial charge in [0.15, 0.2) is 0 Å². The second-order valence-corrected chi connectivity index (χ2v) is 2.87. The third-order valence-corrected chi connectivity index (χ3v) is 1.85. The number of carboxylic acid groups (broad SMARTS) is 1. The molecule has 4 N–H and O–H groups in total. The summed E-state index contributed by atoms with van der Waals surface area (Å²) in [5, 5.41) is 8.92. The van der Waals surface area contributed by atoms with Gasteiger partial charge in [-0.25, -0.2) is 0 Å². The molecule has 5 heteroatoms. The quantitative estimate of drug-likeness (QED) is 0.666. The summed E-state index contributed by atoms with van der Waals surface area (Å²) in [5.41, 5.74) is 6.19. The summed E-state index contributed by atoms with van der Waals surface area (Å²) in [6.45, 7) is 0. The predicted octanol–water partition coefficient (Wildman–Crippen LogP) is 1.14. The van der Waals surface area contributed by atoms with E-state index in [-0.39, 0.29) is 6.42 Å². The van der Waals surface area contributed by atoms with Gasteiger partial charge in [-0.15, -0.1) is 0 Å². The van der Waals surface area contributed by atoms with Gasteiger partial charge in [0.25, 0.3) is 0 Å². The van der Waals surface area contributed by atoms with E-state index in [2.05, 4.69) is 4.98 Å². The van der Waals surface area contributed by atoms with Crippen LogP contribution in [0.2, 0.25) is 5.02 Å². The molecule has 0 aromatic carbocycles. The van der Waals surface area contributed by atoms with Gasteiger partial charge in [0.1, 0.15) is 0 Å². The van der Waals surface area contributed by atoms with Crippen LogP contribution in [0.1, 0.15) is 18.0 Å². The van der Waals surface area contributed by atoms with Crippen molar-refractivity contribution in [3.8, 4) is 0 Å². The van der Waals surface area contributed by atoms with Gasteiger partial charge < -0.3 is 15.8 Å². The maximum absolute atomic E-state index is 10.3. The van der Waals surface area contributed by atoms with Crippen LogP contribution in [0, 0.1) is 0 Å². The molecule has 0 bridgehead atoms. The highest BCUT2D eigenvalue weighted by Crippen LogP contribution is 2.22. The van der Waals surface area contributed by atoms with Crippen LogP contribution in [-0.4, -0.2) is 16.1 Å². The number of aromatic nitrogens is 1. The van der Waals surface area contributed by atoms with Gasteiger partial charge in [0, 0.05) is 24.0 Å². The van der Waals surface area contributed by atoms with Crippen LogP contribution in [0.3, 0.4) is 0 Å². The molecule has 4 nitrogen and oxygen atoms in total. The normalized spacial score (nSPS) is 12.8. The van der Waals surface area contributed by atoms with Crippen LogP contribution in [0.4, 0.5) is 0 Å². The van der Waals surface area contributed by atoms with Gasteiger partial charge >= 0.3 is 5.97 Å². The summed E-state index contributed by atoms with van der Waals surface area (Å²) in [5.74, 6) is -0.931. The fourth-order valence-corrected chi connectivity index (χ4v) is 1.20. The first-order chi connectivity index (χ1) is 5.61. The molecule has 1 heterocycles. The number of nitrogens with two attached hydrogens (primary N) is 1. The number of aromatic amines is 1. The lowest BCUT2D eigenvalue weighted by atomic mass is 10.1. The van der Waals surface area contributed by atoms with Crippen molar-refractivity contribution in [2.75, 3.05) is 0 Å². The third kappa shape index (κ3) is 1.99. The Morgan fingerprint density at radius 2 is 2.42 bits per heavy atom. The third-order valence-electron chi connectivity index (χ3n) is 1.52. The van der Waals surface area contributed by atoms with E-state index >= 15 is 0 Å². The number of aliphatic carboxylic acids is 1. The smallest absolute Gasteiger partial charge is 0.305 e. The average molecular weight is 189 g/mol. The molecule has 0 aliphatic rings. The summed E-state index contributed by atoms with van der Waals surface area (Å²) < 4.78 is 0. The van der Waals surface area contributed by atoms with Crippen LogP contribution in [0.5, 0.6) is 0 Å². The van der Waals surface area contributed by atoms with Crippen LogP contribution in [-0.2, 0) is 4.79 Å². The standard InChI is InChI=1S/C7H9ClN2O2/c8-5-3-10-2-4(5)6(9)1-7(11)12/h2-3,6,10H,1,9H2,(H,11,12)/t6-/m0/s1. The van der Waals surface area contributed by atoms with Crippen LogP contribution >= 0.6 is 11.6 Å². The Kier molecular flexibility index (Phi) is 2.73. The van der Waals surface area contributed by atoms with E-state index in [1.54, 1.807) is 12.4 Å². The number of rotatable bonds is 3. The second kappa shape index (κ2) is 3.60. The topological polar surface area (TPSA) is 79.1 Å². The highest BCUT2D eigenvalue weighted by molar-refractivity contribution is 6.31. The number of hydrogen-bond acceptors (Lipinski definition) is 2. The summed E-state index contributed by atoms with van der Waals surface area (Å²) in [6.07, 6.45) is 3.06. The van der Waals surface area contributed by atoms with E-state index in [1.807, 2.05) is 0 Å². The Bertz CT molecular complexity index is 285. The lowest BCUT2D eigenvalue weighted by molar-refractivity contribution is -0.137. The van der Waals surface area contributed by atoms with Crippen LogP contribution < -0.4 is 5.73 Å². The van der Waals surface area contributed by atoms with Crippen molar-refractivity contribution >= 4 is 17.6 Å². The Balaban J connectivity index is 2.71. The molecule has 0 aliphatic carbocycles. The zero-order chi connectivity index (χ0) is 9.14. The highest BCUT2D eigenvalue weighted by atomic mass is 35.5. The predicted molar refractivity (Wildman–Crippen MR) is 45.0 cm³/mol. The Hall–Kier alpha value is -1.00. The first kappa shape index (κ1) is 9.09. The van der Waals surface area contributed by atoms with E-state index < -0.39 is 12.0 Å². The summed E-state index contributed by atoms with van der Waals surface area (Å²) in [6, 6.07) is -0.541. The molecule has 0 spiro atoms. The van der Waals surface area contributed by atoms with E-state index in [0.29, 0.717) is 10.6 Å². The fourth-order valence-electron chi connectivity index (χ4n) is 0.939. The minimum atomic E-state index is -0.931. The fraction of sp³-hybridized carbons (Fsp3) is 0.286. The molecular weight excluding hydrogens is 180 g/mol. The van der Waals surface area contributed by atoms with Gasteiger partial charge in [-0.05, 0) is 0 Å². The molecule has 0 radical (unpaired) electrons. The lowest BCUT2D eigenvalue weighted by Crippen LogP contribution is -2.14. The molecule has 0 amide bonds. The van der Waals surface area contributed by atoms with E-state index in [1.165, 1.54) is 0 Å². The molecule has 0 saturated carbocycles. The number of H-pyrrole nitrogens is 1. The largest absolute Gasteiger partial charge is 0.481 e. The van der Waals surface area contributed by atoms with E-state index in [4.69, 9.17) is 22.4 Å². The number of hydrogen-bond donors (Lipinski definition) is 3. The molecule has 12 heavy (non-hydrogen) atoms. The highest BCUT2D eigenvalue weighted by Gasteiger charge is 2.13. The zero-order valence-electron chi connectivity index (χ0n) is 6.25. The van der Waals surface area contributed by atoms with Crippen molar-refractivity contribution < 1.29 is 9.90 Å². The summed E-state index contributed by atoms with van der Waals surface area (Å²) in [4.78, 5) is 13.0. The maximum Gasteiger partial charge on any atom is 0.305 e. The number of halogens is 1. The van der Waals surface area contributed by atoms with Gasteiger partial charge in [-0.2, -0.15) is 0 Å². The first-order valence-electron chi connectivity index (χ1n) is 3.41. The molecule has 0 fully saturated rings. The molecular formula is C7H9ClN2O2. The van der Waals surface area contributed by atoms with Gasteiger partial charge in [0.05, 0.1) is 11.4 Å². The molecule has 1 atom stereocenters. The van der Waals surface area contributed by atoms with Crippen LogP contribution in [0.25, 0.3) is 0 Å². The maximum atomic E-state index is 10.3. The van der Waals surface area contributed by atoms with Gasteiger partial charge in [-0.3, -0.25) is 4.79 Å². The minimum absolute atomic E-state index is 0.114. The first-order valence-corrected chi connectivity index (χ1v) is 3.78. The Labute approximate surface area is 74.3 Å². The van der Waals surface area contributed by atoms with Crippen molar-refractivity contribution in [2.24, 2.45) is 5.73 Å². The average Bonchev–Trinajstić information content (AvgIpc) is 2.33. The number of carbonyl (C=O) groups is 1. The number of nitrogens with one attached hydrogen (secondary N) is 1. The molecule has 0 aliphatic heterocycles. The Morgan fingerprint density at radius 3 is 2.83 bits per heavy atom. The SMILES string of the molecule is N[C@@H](CC(=O)O)c1c[nH]cc1Cl. The molecule has 1 aromatic rings. The molecule has 66 valence electrons. The second-order valence-electron chi connectivity index (χ2n) is 2.46. The van der Waals surface area contributed by atoms with Gasteiger partial charge in [0.2, 0.25) is 0 Å². The van der Waals surface area contributed by atoms with Crippen molar-refractivity contribution in [1.29, 1.82) is 0 Å². The van der Waals surface area contributed by atoms with Crippen LogP contribution in [0.15, 0.2) is 12.4 Å². The van der Waals surface area contributed by atoms with Crippen molar-refractivity contribution in [3.63, 3.8) is 0 Å². The summed E-state index contributed by atoms with van der Waals surface area (Å²) >= 11 is 5.71. The lowest BCUT2D eigenvalue weighted by Gasteiger charge is -2.06.